The maximum Gasteiger partial charge on any atom is 0.144 e. The third kappa shape index (κ3) is 5.19. The average molecular weight is 477 g/mol. The maximum atomic E-state index is 4.89. The normalized spacial score (nSPS) is 14.4. The lowest BCUT2D eigenvalue weighted by Crippen LogP contribution is -2.14. The smallest absolute Gasteiger partial charge is 0.144 e. The second-order valence-electron chi connectivity index (χ2n) is 10.5. The first kappa shape index (κ1) is 24.6. The van der Waals surface area contributed by atoms with E-state index >= 15 is 0 Å². The maximum absolute atomic E-state index is 4.89. The monoisotopic (exact) mass is 476 g/mol. The summed E-state index contributed by atoms with van der Waals surface area (Å²) >= 11 is 0. The van der Waals surface area contributed by atoms with Gasteiger partial charge < -0.3 is 0 Å². The Bertz CT molecular complexity index is 1230. The molecule has 0 N–H and O–H groups in total. The molecule has 5 rings (SSSR count). The zero-order valence-corrected chi connectivity index (χ0v) is 22.0. The largest absolute Gasteiger partial charge is 0.299 e. The van der Waals surface area contributed by atoms with Crippen molar-refractivity contribution in [2.45, 2.75) is 83.5 Å². The van der Waals surface area contributed by atoms with Crippen LogP contribution in [0, 0.1) is 0 Å². The predicted molar refractivity (Wildman–Crippen MR) is 153 cm³/mol. The van der Waals surface area contributed by atoms with Crippen molar-refractivity contribution in [3.8, 4) is 28.2 Å². The van der Waals surface area contributed by atoms with E-state index in [1.165, 1.54) is 91.3 Å². The summed E-state index contributed by atoms with van der Waals surface area (Å²) in [5.74, 6) is 2.20. The summed E-state index contributed by atoms with van der Waals surface area (Å²) in [6, 6.07) is 26.7. The quantitative estimate of drug-likeness (QED) is 0.235. The number of aromatic nitrogens is 2. The van der Waals surface area contributed by atoms with Gasteiger partial charge >= 0.3 is 0 Å². The van der Waals surface area contributed by atoms with Crippen molar-refractivity contribution in [1.82, 2.24) is 9.55 Å². The number of rotatable bonds is 9. The highest BCUT2D eigenvalue weighted by Crippen LogP contribution is 2.44. The molecular formula is C34H40N2. The van der Waals surface area contributed by atoms with Crippen LogP contribution in [-0.2, 0) is 0 Å². The van der Waals surface area contributed by atoms with Gasteiger partial charge in [0, 0.05) is 18.0 Å². The molecule has 0 atom stereocenters. The molecule has 2 nitrogen and oxygen atoms in total. The van der Waals surface area contributed by atoms with Gasteiger partial charge in [0.1, 0.15) is 5.82 Å². The molecular weight excluding hydrogens is 436 g/mol. The summed E-state index contributed by atoms with van der Waals surface area (Å²) in [5.41, 5.74) is 8.31. The molecule has 2 heteroatoms. The molecule has 3 aromatic carbocycles. The lowest BCUT2D eigenvalue weighted by molar-refractivity contribution is 0.442. The predicted octanol–water partition coefficient (Wildman–Crippen LogP) is 9.94. The van der Waals surface area contributed by atoms with E-state index in [4.69, 9.17) is 4.98 Å². The van der Waals surface area contributed by atoms with E-state index in [0.29, 0.717) is 11.8 Å². The van der Waals surface area contributed by atoms with Crippen LogP contribution in [0.3, 0.4) is 0 Å². The van der Waals surface area contributed by atoms with Gasteiger partial charge in [-0.3, -0.25) is 4.57 Å². The van der Waals surface area contributed by atoms with Crippen LogP contribution in [0.1, 0.15) is 94.6 Å². The summed E-state index contributed by atoms with van der Waals surface area (Å²) < 4.78 is 2.42. The SMILES string of the molecule is CCCC(CCC)c1cc(-c2ccccc2)cc(C2CCCCC2)c1-n1ccnc1-c1ccccc1. The Labute approximate surface area is 217 Å². The molecule has 0 bridgehead atoms. The fourth-order valence-corrected chi connectivity index (χ4v) is 6.23. The minimum absolute atomic E-state index is 0.548. The highest BCUT2D eigenvalue weighted by molar-refractivity contribution is 5.71. The number of imidazole rings is 1. The minimum atomic E-state index is 0.548. The Kier molecular flexibility index (Phi) is 8.01. The van der Waals surface area contributed by atoms with Crippen LogP contribution in [0.4, 0.5) is 0 Å². The van der Waals surface area contributed by atoms with E-state index in [-0.39, 0.29) is 0 Å². The molecule has 1 fully saturated rings. The molecule has 0 aliphatic heterocycles. The van der Waals surface area contributed by atoms with Gasteiger partial charge in [-0.15, -0.1) is 0 Å². The molecule has 1 aromatic heterocycles. The lowest BCUT2D eigenvalue weighted by Gasteiger charge is -2.30. The Hall–Kier alpha value is -3.13. The second kappa shape index (κ2) is 11.7. The molecule has 0 saturated heterocycles. The number of nitrogens with zero attached hydrogens (tertiary/aromatic N) is 2. The Balaban J connectivity index is 1.78. The zero-order chi connectivity index (χ0) is 24.7. The molecule has 0 radical (unpaired) electrons. The average Bonchev–Trinajstić information content (AvgIpc) is 3.43. The van der Waals surface area contributed by atoms with Crippen LogP contribution in [0.5, 0.6) is 0 Å². The molecule has 1 aliphatic rings. The van der Waals surface area contributed by atoms with Crippen molar-refractivity contribution in [3.05, 3.63) is 96.3 Å². The third-order valence-corrected chi connectivity index (χ3v) is 7.95. The fraction of sp³-hybridized carbons (Fsp3) is 0.382. The molecule has 0 spiro atoms. The van der Waals surface area contributed by atoms with Crippen molar-refractivity contribution < 1.29 is 0 Å². The van der Waals surface area contributed by atoms with E-state index in [9.17, 15) is 0 Å². The first-order chi connectivity index (χ1) is 17.8. The summed E-state index contributed by atoms with van der Waals surface area (Å²) in [6.45, 7) is 4.66. The van der Waals surface area contributed by atoms with Gasteiger partial charge in [-0.25, -0.2) is 4.98 Å². The van der Waals surface area contributed by atoms with Crippen LogP contribution in [0.25, 0.3) is 28.2 Å². The molecule has 1 heterocycles. The lowest BCUT2D eigenvalue weighted by atomic mass is 9.78. The van der Waals surface area contributed by atoms with Gasteiger partial charge in [0.2, 0.25) is 0 Å². The first-order valence-electron chi connectivity index (χ1n) is 14.1. The number of hydrogen-bond donors (Lipinski definition) is 0. The molecule has 186 valence electrons. The van der Waals surface area contributed by atoms with E-state index in [2.05, 4.69) is 97.4 Å². The van der Waals surface area contributed by atoms with Crippen molar-refractivity contribution >= 4 is 0 Å². The van der Waals surface area contributed by atoms with E-state index < -0.39 is 0 Å². The summed E-state index contributed by atoms with van der Waals surface area (Å²) in [6.07, 6.45) is 15.6. The summed E-state index contributed by atoms with van der Waals surface area (Å²) in [4.78, 5) is 4.89. The molecule has 1 saturated carbocycles. The van der Waals surface area contributed by atoms with Gasteiger partial charge in [0.25, 0.3) is 0 Å². The van der Waals surface area contributed by atoms with Crippen molar-refractivity contribution in [3.63, 3.8) is 0 Å². The Morgan fingerprint density at radius 2 is 1.42 bits per heavy atom. The first-order valence-corrected chi connectivity index (χ1v) is 14.1. The van der Waals surface area contributed by atoms with Gasteiger partial charge in [-0.05, 0) is 71.9 Å². The summed E-state index contributed by atoms with van der Waals surface area (Å²) in [5, 5.41) is 0. The van der Waals surface area contributed by atoms with E-state index in [1.807, 2.05) is 6.20 Å². The van der Waals surface area contributed by atoms with E-state index in [1.54, 1.807) is 0 Å². The fourth-order valence-electron chi connectivity index (χ4n) is 6.23. The molecule has 36 heavy (non-hydrogen) atoms. The van der Waals surface area contributed by atoms with Crippen molar-refractivity contribution in [1.29, 1.82) is 0 Å². The number of benzene rings is 3. The van der Waals surface area contributed by atoms with Gasteiger partial charge in [0.05, 0.1) is 5.69 Å². The third-order valence-electron chi connectivity index (χ3n) is 7.95. The standard InChI is InChI=1S/C34H40N2/c1-3-14-27(15-4-2)31-24-30(26-16-8-5-9-17-26)25-32(28-18-10-6-11-19-28)33(31)36-23-22-35-34(36)29-20-12-7-13-21-29/h5,7-9,12-13,16-17,20-25,27-28H,3-4,6,10-11,14-15,18-19H2,1-2H3. The topological polar surface area (TPSA) is 17.8 Å². The van der Waals surface area contributed by atoms with Crippen LogP contribution < -0.4 is 0 Å². The highest BCUT2D eigenvalue weighted by Gasteiger charge is 2.27. The highest BCUT2D eigenvalue weighted by atomic mass is 15.1. The zero-order valence-electron chi connectivity index (χ0n) is 22.0. The second-order valence-corrected chi connectivity index (χ2v) is 10.5. The summed E-state index contributed by atoms with van der Waals surface area (Å²) in [7, 11) is 0. The van der Waals surface area contributed by atoms with Crippen LogP contribution in [-0.4, -0.2) is 9.55 Å². The molecule has 1 aliphatic carbocycles. The van der Waals surface area contributed by atoms with Crippen molar-refractivity contribution in [2.75, 3.05) is 0 Å². The Morgan fingerprint density at radius 3 is 2.06 bits per heavy atom. The van der Waals surface area contributed by atoms with Gasteiger partial charge in [0.15, 0.2) is 0 Å². The molecule has 0 amide bonds. The van der Waals surface area contributed by atoms with Crippen molar-refractivity contribution in [2.24, 2.45) is 0 Å². The van der Waals surface area contributed by atoms with Crippen LogP contribution in [0.2, 0.25) is 0 Å². The minimum Gasteiger partial charge on any atom is -0.299 e. The molecule has 4 aromatic rings. The van der Waals surface area contributed by atoms with Crippen LogP contribution >= 0.6 is 0 Å². The van der Waals surface area contributed by atoms with Crippen LogP contribution in [0.15, 0.2) is 85.2 Å². The molecule has 0 unspecified atom stereocenters. The number of hydrogen-bond acceptors (Lipinski definition) is 1. The van der Waals surface area contributed by atoms with E-state index in [0.717, 1.165) is 5.82 Å². The van der Waals surface area contributed by atoms with Gasteiger partial charge in [-0.2, -0.15) is 0 Å². The van der Waals surface area contributed by atoms with Gasteiger partial charge in [-0.1, -0.05) is 107 Å². The Morgan fingerprint density at radius 1 is 0.778 bits per heavy atom.